The van der Waals surface area contributed by atoms with Crippen molar-refractivity contribution >= 4 is 90.5 Å². The van der Waals surface area contributed by atoms with E-state index < -0.39 is 0 Å². The van der Waals surface area contributed by atoms with Crippen LogP contribution in [0, 0.1) is 0 Å². The molecular formula is C74H72BN3O. The molecule has 0 radical (unpaired) electrons. The van der Waals surface area contributed by atoms with Crippen LogP contribution < -0.4 is 31.1 Å². The van der Waals surface area contributed by atoms with Crippen molar-refractivity contribution in [2.45, 2.75) is 129 Å². The van der Waals surface area contributed by atoms with Crippen LogP contribution in [-0.4, -0.2) is 12.3 Å². The van der Waals surface area contributed by atoms with Gasteiger partial charge in [-0.25, -0.2) is 0 Å². The summed E-state index contributed by atoms with van der Waals surface area (Å²) in [4.78, 5) is 8.01. The number of benzene rings is 9. The van der Waals surface area contributed by atoms with Gasteiger partial charge < -0.3 is 19.1 Å². The highest BCUT2D eigenvalue weighted by Gasteiger charge is 2.61. The average Bonchev–Trinajstić information content (AvgIpc) is 2.35. The van der Waals surface area contributed by atoms with E-state index >= 15 is 0 Å². The molecule has 5 heteroatoms. The molecule has 0 bridgehead atoms. The molecule has 0 amide bonds. The molecule has 2 atom stereocenters. The lowest BCUT2D eigenvalue weighted by atomic mass is 9.33. The van der Waals surface area contributed by atoms with E-state index in [1.54, 1.807) is 0 Å². The first-order chi connectivity index (χ1) is 37.8. The van der Waals surface area contributed by atoms with Crippen molar-refractivity contribution in [2.75, 3.05) is 14.7 Å². The van der Waals surface area contributed by atoms with Gasteiger partial charge in [0.15, 0.2) is 0 Å². The molecule has 14 rings (SSSR count). The monoisotopic (exact) mass is 1030 g/mol. The molecule has 0 N–H and O–H groups in total. The van der Waals surface area contributed by atoms with Gasteiger partial charge in [-0.2, -0.15) is 0 Å². The Morgan fingerprint density at radius 1 is 0.468 bits per heavy atom. The molecule has 4 aliphatic rings. The van der Waals surface area contributed by atoms with E-state index in [2.05, 4.69) is 279 Å². The smallest absolute Gasteiger partial charge is 0.252 e. The fourth-order valence-corrected chi connectivity index (χ4v) is 14.5. The fraction of sp³-hybridized carbons (Fsp3) is 0.270. The average molecular weight is 1030 g/mol. The number of anilines is 8. The van der Waals surface area contributed by atoms with Crippen molar-refractivity contribution in [3.05, 3.63) is 210 Å². The van der Waals surface area contributed by atoms with Crippen LogP contribution in [-0.2, 0) is 21.7 Å². The minimum Gasteiger partial charge on any atom is -0.455 e. The lowest BCUT2D eigenvalue weighted by molar-refractivity contribution is 0.195. The summed E-state index contributed by atoms with van der Waals surface area (Å²) in [5.41, 5.74) is 25.4. The van der Waals surface area contributed by atoms with Crippen molar-refractivity contribution < 1.29 is 4.42 Å². The Bertz CT molecular complexity index is 4020. The van der Waals surface area contributed by atoms with E-state index in [1.165, 1.54) is 85.4 Å². The van der Waals surface area contributed by atoms with Gasteiger partial charge in [0, 0.05) is 67.1 Å². The Hall–Kier alpha value is -7.76. The molecule has 2 unspecified atom stereocenters. The van der Waals surface area contributed by atoms with Crippen LogP contribution in [0.4, 0.5) is 45.5 Å². The summed E-state index contributed by atoms with van der Waals surface area (Å²) in [6, 6.07) is 72.1. The third-order valence-electron chi connectivity index (χ3n) is 19.1. The molecule has 9 aromatic carbocycles. The topological polar surface area (TPSA) is 22.9 Å². The van der Waals surface area contributed by atoms with Gasteiger partial charge in [0.2, 0.25) is 0 Å². The van der Waals surface area contributed by atoms with Crippen LogP contribution >= 0.6 is 0 Å². The van der Waals surface area contributed by atoms with Gasteiger partial charge in [0.1, 0.15) is 11.2 Å². The van der Waals surface area contributed by atoms with Gasteiger partial charge in [-0.05, 0) is 153 Å². The molecule has 0 saturated heterocycles. The zero-order chi connectivity index (χ0) is 54.5. The largest absolute Gasteiger partial charge is 0.455 e. The fourth-order valence-electron chi connectivity index (χ4n) is 14.5. The Morgan fingerprint density at radius 3 is 1.77 bits per heavy atom. The van der Waals surface area contributed by atoms with E-state index in [9.17, 15) is 0 Å². The SMILES string of the molecule is CC(C)(C)c1ccc(N(c2ccc(C(C)(C)C)cc2)c2ccc3c(c2)N(c2ccc(C(C)(C)C)cc2-c2ccccc2)c2cc(-c4cccc5c4oc4ccccc45)cc4c2B3c2cccc3c2N4C2(C)CCCCC32C)cc1. The van der Waals surface area contributed by atoms with Crippen LogP contribution in [0.25, 0.3) is 44.2 Å². The number of nitrogens with zero attached hydrogens (tertiary/aromatic N) is 3. The maximum Gasteiger partial charge on any atom is 0.252 e. The van der Waals surface area contributed by atoms with Crippen LogP contribution in [0.3, 0.4) is 0 Å². The molecule has 4 heterocycles. The summed E-state index contributed by atoms with van der Waals surface area (Å²) in [6.45, 7) is 25.9. The van der Waals surface area contributed by atoms with Gasteiger partial charge in [0.05, 0.1) is 11.2 Å². The first-order valence-electron chi connectivity index (χ1n) is 29.0. The van der Waals surface area contributed by atoms with E-state index in [0.717, 1.165) is 68.7 Å². The number of hydrogen-bond donors (Lipinski definition) is 0. The molecule has 4 nitrogen and oxygen atoms in total. The highest BCUT2D eigenvalue weighted by atomic mass is 16.3. The van der Waals surface area contributed by atoms with E-state index in [0.29, 0.717) is 0 Å². The Morgan fingerprint density at radius 2 is 1.08 bits per heavy atom. The summed E-state index contributed by atoms with van der Waals surface area (Å²) in [6.07, 6.45) is 4.74. The minimum absolute atomic E-state index is 0.0177. The molecular weight excluding hydrogens is 958 g/mol. The second-order valence-corrected chi connectivity index (χ2v) is 26.9. The Labute approximate surface area is 468 Å². The molecule has 1 saturated carbocycles. The number of rotatable bonds is 6. The molecule has 3 aliphatic heterocycles. The third-order valence-corrected chi connectivity index (χ3v) is 19.1. The lowest BCUT2D eigenvalue weighted by Gasteiger charge is -2.53. The maximum absolute atomic E-state index is 6.97. The number of hydrogen-bond acceptors (Lipinski definition) is 4. The summed E-state index contributed by atoms with van der Waals surface area (Å²) in [7, 11) is 0. The standard InChI is InChI=1S/C74H72BN3O/c1-70(2,3)49-29-34-52(35-30-49)76(53-36-31-50(32-37-53)71(4,5)6)54-38-39-60-63(46-54)77(62-40-33-51(72(7,8)9)45-58(62)47-21-13-12-14-22-47)64-43-48(55-24-19-25-57-56-23-15-16-28-66(56)79-69(55)57)44-65-67(64)75(60)61-27-20-26-59-68(61)78(65)74(11)42-18-17-41-73(59,74)10/h12-16,19-40,43-46H,17-18,41-42H2,1-11H3. The quantitative estimate of drug-likeness (QED) is 0.155. The number of para-hydroxylation sites is 3. The molecule has 1 fully saturated rings. The molecule has 79 heavy (non-hydrogen) atoms. The van der Waals surface area contributed by atoms with Crippen LogP contribution in [0.2, 0.25) is 0 Å². The number of fused-ring (bicyclic) bond motifs is 10. The van der Waals surface area contributed by atoms with Gasteiger partial charge in [-0.15, -0.1) is 0 Å². The predicted octanol–water partition coefficient (Wildman–Crippen LogP) is 18.6. The third kappa shape index (κ3) is 7.47. The van der Waals surface area contributed by atoms with E-state index in [1.807, 2.05) is 0 Å². The summed E-state index contributed by atoms with van der Waals surface area (Å²) in [5.74, 6) is 0. The minimum atomic E-state index is -0.142. The van der Waals surface area contributed by atoms with E-state index in [4.69, 9.17) is 4.42 Å². The van der Waals surface area contributed by atoms with Gasteiger partial charge in [0.25, 0.3) is 6.71 Å². The molecule has 392 valence electrons. The first kappa shape index (κ1) is 49.5. The van der Waals surface area contributed by atoms with Crippen molar-refractivity contribution in [2.24, 2.45) is 0 Å². The normalized spacial score (nSPS) is 18.4. The Kier molecular flexibility index (Phi) is 10.9. The lowest BCUT2D eigenvalue weighted by Crippen LogP contribution is -2.64. The van der Waals surface area contributed by atoms with Gasteiger partial charge in [-0.3, -0.25) is 0 Å². The second-order valence-electron chi connectivity index (χ2n) is 26.9. The van der Waals surface area contributed by atoms with Gasteiger partial charge in [-0.1, -0.05) is 203 Å². The second kappa shape index (κ2) is 17.4. The molecule has 10 aromatic rings. The Balaban J connectivity index is 1.10. The zero-order valence-electron chi connectivity index (χ0n) is 48.1. The summed E-state index contributed by atoms with van der Waals surface area (Å²) >= 11 is 0. The summed E-state index contributed by atoms with van der Waals surface area (Å²) < 4.78 is 6.97. The van der Waals surface area contributed by atoms with Crippen LogP contribution in [0.5, 0.6) is 0 Å². The predicted molar refractivity (Wildman–Crippen MR) is 338 cm³/mol. The van der Waals surface area contributed by atoms with Crippen molar-refractivity contribution in [1.29, 1.82) is 0 Å². The molecule has 1 aliphatic carbocycles. The van der Waals surface area contributed by atoms with Crippen molar-refractivity contribution in [1.82, 2.24) is 0 Å². The molecule has 0 spiro atoms. The van der Waals surface area contributed by atoms with Crippen molar-refractivity contribution in [3.63, 3.8) is 0 Å². The van der Waals surface area contributed by atoms with Crippen molar-refractivity contribution in [3.8, 4) is 22.3 Å². The molecule has 1 aromatic heterocycles. The first-order valence-corrected chi connectivity index (χ1v) is 29.0. The van der Waals surface area contributed by atoms with E-state index in [-0.39, 0.29) is 33.9 Å². The summed E-state index contributed by atoms with van der Waals surface area (Å²) in [5, 5.41) is 2.28. The number of furan rings is 1. The maximum atomic E-state index is 6.97. The zero-order valence-corrected chi connectivity index (χ0v) is 48.1. The van der Waals surface area contributed by atoms with Gasteiger partial charge >= 0.3 is 0 Å². The van der Waals surface area contributed by atoms with Crippen LogP contribution in [0.15, 0.2) is 192 Å². The van der Waals surface area contributed by atoms with Crippen LogP contribution in [0.1, 0.15) is 124 Å². The highest BCUT2D eigenvalue weighted by Crippen LogP contribution is 2.62. The highest BCUT2D eigenvalue weighted by molar-refractivity contribution is 7.00.